The summed E-state index contributed by atoms with van der Waals surface area (Å²) in [5, 5.41) is 5.92. The predicted octanol–water partition coefficient (Wildman–Crippen LogP) is 1.33. The van der Waals surface area contributed by atoms with Crippen molar-refractivity contribution in [1.29, 1.82) is 0 Å². The number of amides is 2. The summed E-state index contributed by atoms with van der Waals surface area (Å²) >= 11 is 0. The van der Waals surface area contributed by atoms with Gasteiger partial charge >= 0.3 is 0 Å². The van der Waals surface area contributed by atoms with Crippen LogP contribution in [0.3, 0.4) is 0 Å². The van der Waals surface area contributed by atoms with Crippen molar-refractivity contribution < 1.29 is 14.3 Å². The van der Waals surface area contributed by atoms with E-state index in [0.717, 1.165) is 49.5 Å². The average Bonchev–Trinajstić information content (AvgIpc) is 2.68. The first-order valence-electron chi connectivity index (χ1n) is 10.6. The Balaban J connectivity index is 1.60. The number of piperazine rings is 1. The number of para-hydroxylation sites is 1. The van der Waals surface area contributed by atoms with E-state index in [-0.39, 0.29) is 17.9 Å². The van der Waals surface area contributed by atoms with Gasteiger partial charge in [-0.05, 0) is 38.3 Å². The zero-order chi connectivity index (χ0) is 21.2. The van der Waals surface area contributed by atoms with Gasteiger partial charge in [0.05, 0.1) is 19.6 Å². The number of ether oxygens (including phenoxy) is 1. The molecule has 1 saturated heterocycles. The summed E-state index contributed by atoms with van der Waals surface area (Å²) in [6, 6.07) is 6.27. The molecule has 1 aliphatic rings. The van der Waals surface area contributed by atoms with Gasteiger partial charge in [-0.25, -0.2) is 0 Å². The lowest BCUT2D eigenvalue weighted by molar-refractivity contribution is -0.125. The number of hydrogen-bond acceptors (Lipinski definition) is 5. The molecule has 29 heavy (non-hydrogen) atoms. The first-order valence-corrected chi connectivity index (χ1v) is 10.6. The van der Waals surface area contributed by atoms with Crippen LogP contribution in [0.15, 0.2) is 18.2 Å². The number of aryl methyl sites for hydroxylation is 2. The van der Waals surface area contributed by atoms with Crippen molar-refractivity contribution in [2.24, 2.45) is 0 Å². The molecular formula is C22H36N4O3. The van der Waals surface area contributed by atoms with Crippen LogP contribution in [0.1, 0.15) is 31.4 Å². The van der Waals surface area contributed by atoms with E-state index in [0.29, 0.717) is 26.2 Å². The lowest BCUT2D eigenvalue weighted by atomic mass is 10.1. The van der Waals surface area contributed by atoms with Gasteiger partial charge in [-0.15, -0.1) is 0 Å². The number of rotatable bonds is 10. The summed E-state index contributed by atoms with van der Waals surface area (Å²) in [6.45, 7) is 13.1. The third kappa shape index (κ3) is 8.03. The molecule has 1 aliphatic heterocycles. The molecule has 1 fully saturated rings. The average molecular weight is 405 g/mol. The minimum absolute atomic E-state index is 0.0121. The van der Waals surface area contributed by atoms with Crippen LogP contribution in [0.4, 0.5) is 0 Å². The maximum Gasteiger partial charge on any atom is 0.234 e. The van der Waals surface area contributed by atoms with Crippen LogP contribution in [-0.2, 0) is 9.59 Å². The van der Waals surface area contributed by atoms with Crippen molar-refractivity contribution >= 4 is 11.8 Å². The fourth-order valence-corrected chi connectivity index (χ4v) is 3.36. The molecule has 0 saturated carbocycles. The van der Waals surface area contributed by atoms with E-state index >= 15 is 0 Å². The van der Waals surface area contributed by atoms with E-state index in [1.165, 1.54) is 0 Å². The van der Waals surface area contributed by atoms with Crippen LogP contribution in [-0.4, -0.2) is 80.1 Å². The predicted molar refractivity (Wildman–Crippen MR) is 115 cm³/mol. The maximum absolute atomic E-state index is 12.2. The highest BCUT2D eigenvalue weighted by atomic mass is 16.5. The van der Waals surface area contributed by atoms with Gasteiger partial charge in [0.15, 0.2) is 0 Å². The normalized spacial score (nSPS) is 16.3. The number of benzene rings is 1. The van der Waals surface area contributed by atoms with Crippen molar-refractivity contribution in [2.75, 3.05) is 52.4 Å². The quantitative estimate of drug-likeness (QED) is 0.576. The minimum atomic E-state index is 0.0121. The van der Waals surface area contributed by atoms with Crippen molar-refractivity contribution in [3.63, 3.8) is 0 Å². The van der Waals surface area contributed by atoms with E-state index in [9.17, 15) is 9.59 Å². The Morgan fingerprint density at radius 1 is 1.03 bits per heavy atom. The largest absolute Gasteiger partial charge is 0.491 e. The molecule has 1 aromatic rings. The molecule has 2 rings (SSSR count). The SMILES string of the molecule is CCC(C)NC(=O)CN1CCN(CC(=O)NCCOc2c(C)cccc2C)CC1. The van der Waals surface area contributed by atoms with E-state index in [4.69, 9.17) is 4.74 Å². The summed E-state index contributed by atoms with van der Waals surface area (Å²) in [7, 11) is 0. The number of carbonyl (C=O) groups excluding carboxylic acids is 2. The second-order valence-corrected chi connectivity index (χ2v) is 7.85. The Morgan fingerprint density at radius 3 is 2.14 bits per heavy atom. The smallest absolute Gasteiger partial charge is 0.234 e. The maximum atomic E-state index is 12.2. The number of nitrogens with zero attached hydrogens (tertiary/aromatic N) is 2. The third-order valence-electron chi connectivity index (χ3n) is 5.30. The lowest BCUT2D eigenvalue weighted by Crippen LogP contribution is -2.52. The molecule has 162 valence electrons. The van der Waals surface area contributed by atoms with Crippen LogP contribution < -0.4 is 15.4 Å². The Kier molecular flexibility index (Phi) is 9.41. The highest BCUT2D eigenvalue weighted by molar-refractivity contribution is 5.78. The van der Waals surface area contributed by atoms with Crippen LogP contribution in [0.2, 0.25) is 0 Å². The number of carbonyl (C=O) groups is 2. The van der Waals surface area contributed by atoms with Gasteiger partial charge in [0.2, 0.25) is 11.8 Å². The Bertz CT molecular complexity index is 652. The zero-order valence-electron chi connectivity index (χ0n) is 18.3. The van der Waals surface area contributed by atoms with Crippen LogP contribution >= 0.6 is 0 Å². The molecule has 0 bridgehead atoms. The summed E-state index contributed by atoms with van der Waals surface area (Å²) in [4.78, 5) is 28.4. The molecule has 0 aromatic heterocycles. The van der Waals surface area contributed by atoms with Crippen LogP contribution in [0.25, 0.3) is 0 Å². The Morgan fingerprint density at radius 2 is 1.59 bits per heavy atom. The fourth-order valence-electron chi connectivity index (χ4n) is 3.36. The van der Waals surface area contributed by atoms with Crippen molar-refractivity contribution in [3.05, 3.63) is 29.3 Å². The van der Waals surface area contributed by atoms with Gasteiger partial charge in [0, 0.05) is 32.2 Å². The van der Waals surface area contributed by atoms with E-state index in [1.54, 1.807) is 0 Å². The molecule has 7 nitrogen and oxygen atoms in total. The molecule has 0 radical (unpaired) electrons. The molecule has 1 heterocycles. The topological polar surface area (TPSA) is 73.9 Å². The second-order valence-electron chi connectivity index (χ2n) is 7.85. The summed E-state index contributed by atoms with van der Waals surface area (Å²) in [6.07, 6.45) is 0.935. The van der Waals surface area contributed by atoms with Crippen LogP contribution in [0, 0.1) is 13.8 Å². The van der Waals surface area contributed by atoms with Gasteiger partial charge in [0.25, 0.3) is 0 Å². The monoisotopic (exact) mass is 404 g/mol. The molecule has 0 aliphatic carbocycles. The summed E-state index contributed by atoms with van der Waals surface area (Å²) in [5.74, 6) is 0.989. The summed E-state index contributed by atoms with van der Waals surface area (Å²) in [5.41, 5.74) is 2.21. The number of nitrogens with one attached hydrogen (secondary N) is 2. The van der Waals surface area contributed by atoms with E-state index in [2.05, 4.69) is 27.4 Å². The Labute approximate surface area is 174 Å². The highest BCUT2D eigenvalue weighted by Gasteiger charge is 2.20. The zero-order valence-corrected chi connectivity index (χ0v) is 18.3. The first-order chi connectivity index (χ1) is 13.9. The lowest BCUT2D eigenvalue weighted by Gasteiger charge is -2.34. The van der Waals surface area contributed by atoms with Crippen molar-refractivity contribution in [3.8, 4) is 5.75 Å². The first kappa shape index (κ1) is 23.2. The van der Waals surface area contributed by atoms with Crippen molar-refractivity contribution in [2.45, 2.75) is 40.2 Å². The third-order valence-corrected chi connectivity index (χ3v) is 5.30. The molecular weight excluding hydrogens is 368 g/mol. The number of hydrogen-bond donors (Lipinski definition) is 2. The standard InChI is InChI=1S/C22H36N4O3/c1-5-19(4)24-21(28)16-26-12-10-25(11-13-26)15-20(27)23-9-14-29-22-17(2)7-6-8-18(22)3/h6-8,19H,5,9-16H2,1-4H3,(H,23,27)(H,24,28). The summed E-state index contributed by atoms with van der Waals surface area (Å²) < 4.78 is 5.82. The minimum Gasteiger partial charge on any atom is -0.491 e. The van der Waals surface area contributed by atoms with E-state index < -0.39 is 0 Å². The highest BCUT2D eigenvalue weighted by Crippen LogP contribution is 2.21. The second kappa shape index (κ2) is 11.8. The van der Waals surface area contributed by atoms with Gasteiger partial charge in [-0.2, -0.15) is 0 Å². The van der Waals surface area contributed by atoms with Crippen molar-refractivity contribution in [1.82, 2.24) is 20.4 Å². The Hall–Kier alpha value is -2.12. The molecule has 2 N–H and O–H groups in total. The van der Waals surface area contributed by atoms with Crippen LogP contribution in [0.5, 0.6) is 5.75 Å². The van der Waals surface area contributed by atoms with Gasteiger partial charge in [0.1, 0.15) is 12.4 Å². The molecule has 2 amide bonds. The van der Waals surface area contributed by atoms with Gasteiger partial charge in [-0.1, -0.05) is 25.1 Å². The molecule has 1 unspecified atom stereocenters. The van der Waals surface area contributed by atoms with Gasteiger partial charge < -0.3 is 15.4 Å². The molecule has 1 atom stereocenters. The molecule has 0 spiro atoms. The molecule has 7 heteroatoms. The fraction of sp³-hybridized carbons (Fsp3) is 0.636. The molecule has 1 aromatic carbocycles. The van der Waals surface area contributed by atoms with E-state index in [1.807, 2.05) is 39.0 Å². The van der Waals surface area contributed by atoms with Gasteiger partial charge in [-0.3, -0.25) is 19.4 Å².